The number of pyridine rings is 1. The molecule has 12 heteroatoms. The molecule has 0 aliphatic rings. The fraction of sp³-hybridized carbons (Fsp3) is 0.185. The first kappa shape index (κ1) is 28.0. The average Bonchev–Trinajstić information content (AvgIpc) is 3.57. The molecule has 4 rings (SSSR count). The van der Waals surface area contributed by atoms with Crippen LogP contribution >= 0.6 is 22.7 Å². The van der Waals surface area contributed by atoms with Crippen LogP contribution in [0.25, 0.3) is 10.4 Å². The molecule has 4 aromatic rings. The number of benzene rings is 1. The Morgan fingerprint density at radius 2 is 1.77 bits per heavy atom. The van der Waals surface area contributed by atoms with Gasteiger partial charge in [0.15, 0.2) is 0 Å². The zero-order valence-corrected chi connectivity index (χ0v) is 22.2. The minimum atomic E-state index is -4.45. The summed E-state index contributed by atoms with van der Waals surface area (Å²) in [5.41, 5.74) is 3.79. The number of alkyl halides is 3. The maximum Gasteiger partial charge on any atom is 0.416 e. The van der Waals surface area contributed by atoms with Crippen LogP contribution in [0.2, 0.25) is 0 Å². The van der Waals surface area contributed by atoms with Crippen molar-refractivity contribution in [1.29, 1.82) is 0 Å². The van der Waals surface area contributed by atoms with Crippen molar-refractivity contribution >= 4 is 40.2 Å². The highest BCUT2D eigenvalue weighted by Gasteiger charge is 2.30. The summed E-state index contributed by atoms with van der Waals surface area (Å²) in [5.74, 6) is -0.939. The Bertz CT molecular complexity index is 1480. The summed E-state index contributed by atoms with van der Waals surface area (Å²) in [6.07, 6.45) is 0.580. The molecular formula is C27H23F3N4O3S2. The minimum Gasteiger partial charge on any atom is -0.506 e. The Balaban J connectivity index is 1.32. The molecule has 0 bridgehead atoms. The third-order valence-corrected chi connectivity index (χ3v) is 7.76. The maximum atomic E-state index is 12.8. The first-order valence-corrected chi connectivity index (χ1v) is 13.4. The van der Waals surface area contributed by atoms with E-state index in [4.69, 9.17) is 0 Å². The second-order valence-electron chi connectivity index (χ2n) is 8.42. The number of carbonyl (C=O) groups is 2. The van der Waals surface area contributed by atoms with Gasteiger partial charge in [-0.3, -0.25) is 14.6 Å². The summed E-state index contributed by atoms with van der Waals surface area (Å²) in [6.45, 7) is 2.06. The molecule has 0 aliphatic heterocycles. The smallest absolute Gasteiger partial charge is 0.416 e. The van der Waals surface area contributed by atoms with Crippen molar-refractivity contribution in [2.24, 2.45) is 5.10 Å². The number of hydrazone groups is 1. The van der Waals surface area contributed by atoms with Crippen LogP contribution < -0.4 is 10.7 Å². The number of hydrogen-bond acceptors (Lipinski definition) is 7. The van der Waals surface area contributed by atoms with Gasteiger partial charge in [0.1, 0.15) is 5.75 Å². The largest absolute Gasteiger partial charge is 0.506 e. The van der Waals surface area contributed by atoms with E-state index in [9.17, 15) is 27.9 Å². The Labute approximate surface area is 230 Å². The van der Waals surface area contributed by atoms with E-state index >= 15 is 0 Å². The molecule has 0 radical (unpaired) electrons. The number of carbonyl (C=O) groups excluding carboxylic acids is 2. The van der Waals surface area contributed by atoms with E-state index in [1.54, 1.807) is 30.8 Å². The van der Waals surface area contributed by atoms with E-state index in [0.29, 0.717) is 33.1 Å². The predicted octanol–water partition coefficient (Wildman–Crippen LogP) is 6.11. The van der Waals surface area contributed by atoms with Crippen molar-refractivity contribution in [3.63, 3.8) is 0 Å². The molecule has 0 atom stereocenters. The first-order valence-electron chi connectivity index (χ1n) is 11.7. The lowest BCUT2D eigenvalue weighted by molar-refractivity contribution is -0.137. The van der Waals surface area contributed by atoms with E-state index in [1.807, 2.05) is 12.1 Å². The molecule has 3 heterocycles. The van der Waals surface area contributed by atoms with Crippen molar-refractivity contribution in [3.05, 3.63) is 92.7 Å². The standard InChI is InChI=1S/C27H23F3N4O3S2/c1-16(20-15-38-24(23(20)35)18-6-8-19(9-7-18)27(28,29)30)33-34-26(37)22-11-10-21(39-22)25(36)32-13-3-5-17-4-2-12-31-14-17/h2,4,6-12,14-15,35H,3,5,13H2,1H3,(H,32,36)(H,34,37)/b33-16+. The van der Waals surface area contributed by atoms with Gasteiger partial charge in [-0.25, -0.2) is 5.43 Å². The minimum absolute atomic E-state index is 0.145. The van der Waals surface area contributed by atoms with Gasteiger partial charge in [-0.2, -0.15) is 18.3 Å². The predicted molar refractivity (Wildman–Crippen MR) is 145 cm³/mol. The summed E-state index contributed by atoms with van der Waals surface area (Å²) in [6, 6.07) is 11.4. The molecule has 0 saturated carbocycles. The van der Waals surface area contributed by atoms with Gasteiger partial charge < -0.3 is 10.4 Å². The first-order chi connectivity index (χ1) is 18.6. The van der Waals surface area contributed by atoms with Crippen molar-refractivity contribution in [3.8, 4) is 16.2 Å². The van der Waals surface area contributed by atoms with Crippen LogP contribution in [0.1, 0.15) is 49.4 Å². The molecule has 39 heavy (non-hydrogen) atoms. The molecule has 0 unspecified atom stereocenters. The fourth-order valence-corrected chi connectivity index (χ4v) is 5.41. The monoisotopic (exact) mass is 572 g/mol. The van der Waals surface area contributed by atoms with Gasteiger partial charge in [0.05, 0.1) is 31.5 Å². The Morgan fingerprint density at radius 1 is 1.05 bits per heavy atom. The number of thiophene rings is 2. The second-order valence-corrected chi connectivity index (χ2v) is 10.4. The number of aryl methyl sites for hydroxylation is 1. The van der Waals surface area contributed by atoms with Gasteiger partial charge in [-0.15, -0.1) is 22.7 Å². The Hall–Kier alpha value is -4.03. The topological polar surface area (TPSA) is 104 Å². The number of rotatable bonds is 9. The van der Waals surface area contributed by atoms with Gasteiger partial charge in [0.2, 0.25) is 0 Å². The molecule has 7 nitrogen and oxygen atoms in total. The fourth-order valence-electron chi connectivity index (χ4n) is 3.58. The maximum absolute atomic E-state index is 12.8. The summed E-state index contributed by atoms with van der Waals surface area (Å²) in [7, 11) is 0. The summed E-state index contributed by atoms with van der Waals surface area (Å²) in [5, 5.41) is 19.1. The third-order valence-electron chi connectivity index (χ3n) is 5.66. The summed E-state index contributed by atoms with van der Waals surface area (Å²) in [4.78, 5) is 30.1. The van der Waals surface area contributed by atoms with Crippen LogP contribution in [0.5, 0.6) is 5.75 Å². The number of nitrogens with one attached hydrogen (secondary N) is 2. The third kappa shape index (κ3) is 7.09. The molecule has 1 aromatic carbocycles. The van der Waals surface area contributed by atoms with Gasteiger partial charge in [-0.05, 0) is 61.2 Å². The normalized spacial score (nSPS) is 11.8. The molecule has 3 aromatic heterocycles. The van der Waals surface area contributed by atoms with Crippen LogP contribution in [-0.4, -0.2) is 34.2 Å². The molecule has 0 aliphatic carbocycles. The lowest BCUT2D eigenvalue weighted by Gasteiger charge is -2.07. The number of aromatic nitrogens is 1. The van der Waals surface area contributed by atoms with Crippen LogP contribution in [0.4, 0.5) is 13.2 Å². The van der Waals surface area contributed by atoms with Crippen molar-refractivity contribution in [2.75, 3.05) is 6.54 Å². The highest BCUT2D eigenvalue weighted by molar-refractivity contribution is 7.16. The molecular weight excluding hydrogens is 549 g/mol. The van der Waals surface area contributed by atoms with Crippen molar-refractivity contribution in [2.45, 2.75) is 25.9 Å². The lowest BCUT2D eigenvalue weighted by atomic mass is 10.1. The molecule has 0 fully saturated rings. The van der Waals surface area contributed by atoms with E-state index < -0.39 is 17.6 Å². The van der Waals surface area contributed by atoms with E-state index in [2.05, 4.69) is 20.8 Å². The lowest BCUT2D eigenvalue weighted by Crippen LogP contribution is -2.24. The number of hydrogen-bond donors (Lipinski definition) is 3. The summed E-state index contributed by atoms with van der Waals surface area (Å²) < 4.78 is 38.5. The number of amides is 2. The van der Waals surface area contributed by atoms with Crippen LogP contribution in [0, 0.1) is 0 Å². The van der Waals surface area contributed by atoms with E-state index in [0.717, 1.165) is 53.2 Å². The Morgan fingerprint density at radius 3 is 2.44 bits per heavy atom. The van der Waals surface area contributed by atoms with Crippen LogP contribution in [-0.2, 0) is 12.6 Å². The van der Waals surface area contributed by atoms with Gasteiger partial charge in [0.25, 0.3) is 11.8 Å². The summed E-state index contributed by atoms with van der Waals surface area (Å²) >= 11 is 2.17. The van der Waals surface area contributed by atoms with E-state index in [-0.39, 0.29) is 16.5 Å². The quantitative estimate of drug-likeness (QED) is 0.128. The molecule has 2 amide bonds. The number of aromatic hydroxyl groups is 1. The zero-order valence-electron chi connectivity index (χ0n) is 20.6. The van der Waals surface area contributed by atoms with Crippen LogP contribution in [0.3, 0.4) is 0 Å². The molecule has 0 spiro atoms. The van der Waals surface area contributed by atoms with Crippen molar-refractivity contribution in [1.82, 2.24) is 15.7 Å². The molecule has 202 valence electrons. The van der Waals surface area contributed by atoms with Gasteiger partial charge in [0, 0.05) is 24.3 Å². The van der Waals surface area contributed by atoms with Gasteiger partial charge in [-0.1, -0.05) is 18.2 Å². The Kier molecular flexibility index (Phi) is 8.77. The number of halogens is 3. The zero-order chi connectivity index (χ0) is 28.0. The average molecular weight is 573 g/mol. The van der Waals surface area contributed by atoms with Gasteiger partial charge >= 0.3 is 6.18 Å². The number of nitrogens with zero attached hydrogens (tertiary/aromatic N) is 2. The van der Waals surface area contributed by atoms with Crippen molar-refractivity contribution < 1.29 is 27.9 Å². The molecule has 3 N–H and O–H groups in total. The van der Waals surface area contributed by atoms with Crippen LogP contribution in [0.15, 0.2) is 71.4 Å². The van der Waals surface area contributed by atoms with E-state index in [1.165, 1.54) is 18.2 Å². The molecule has 0 saturated heterocycles. The highest BCUT2D eigenvalue weighted by Crippen LogP contribution is 2.40. The SMILES string of the molecule is C/C(=N\NC(=O)c1ccc(C(=O)NCCCc2cccnc2)s1)c1csc(-c2ccc(C(F)(F)F)cc2)c1O. The second kappa shape index (κ2) is 12.2. The highest BCUT2D eigenvalue weighted by atomic mass is 32.1.